The summed E-state index contributed by atoms with van der Waals surface area (Å²) in [5.74, 6) is -4.11. The smallest absolute Gasteiger partial charge is 0.243 e. The van der Waals surface area contributed by atoms with Crippen molar-refractivity contribution in [1.82, 2.24) is 46.8 Å². The summed E-state index contributed by atoms with van der Waals surface area (Å²) in [5, 5.41) is 16.5. The molecule has 7 amide bonds. The lowest BCUT2D eigenvalue weighted by Gasteiger charge is -2.30. The molecule has 1 saturated heterocycles. The van der Waals surface area contributed by atoms with Gasteiger partial charge < -0.3 is 41.8 Å². The molecule has 312 valence electrons. The van der Waals surface area contributed by atoms with E-state index in [1.165, 1.54) is 31.3 Å². The Kier molecular flexibility index (Phi) is 16.5. The van der Waals surface area contributed by atoms with Crippen LogP contribution in [0.1, 0.15) is 83.7 Å². The van der Waals surface area contributed by atoms with Crippen molar-refractivity contribution in [2.75, 3.05) is 13.1 Å². The van der Waals surface area contributed by atoms with Gasteiger partial charge in [-0.05, 0) is 42.7 Å². The summed E-state index contributed by atoms with van der Waals surface area (Å²) < 4.78 is 0. The average molecular weight is 800 g/mol. The lowest BCUT2D eigenvalue weighted by molar-refractivity contribution is -0.140. The monoisotopic (exact) mass is 799 g/mol. The molecular weight excluding hydrogens is 743 g/mol. The summed E-state index contributed by atoms with van der Waals surface area (Å²) in [6, 6.07) is 13.8. The lowest BCUT2D eigenvalue weighted by atomic mass is 9.95. The maximum Gasteiger partial charge on any atom is 0.243 e. The second kappa shape index (κ2) is 21.5. The van der Waals surface area contributed by atoms with E-state index in [9.17, 15) is 33.6 Å². The Morgan fingerprint density at radius 3 is 1.95 bits per heavy atom. The Hall–Kier alpha value is -6.06. The summed E-state index contributed by atoms with van der Waals surface area (Å²) in [5.41, 5.74) is 2.32. The van der Waals surface area contributed by atoms with Gasteiger partial charge in [0, 0.05) is 31.8 Å². The van der Waals surface area contributed by atoms with E-state index in [0.717, 1.165) is 11.1 Å². The van der Waals surface area contributed by atoms with E-state index in [2.05, 4.69) is 41.9 Å². The highest BCUT2D eigenvalue weighted by molar-refractivity contribution is 5.96. The van der Waals surface area contributed by atoms with Gasteiger partial charge in [-0.15, -0.1) is 0 Å². The van der Waals surface area contributed by atoms with Gasteiger partial charge in [0.2, 0.25) is 41.4 Å². The molecule has 16 nitrogen and oxygen atoms in total. The van der Waals surface area contributed by atoms with E-state index in [4.69, 9.17) is 0 Å². The number of imidazole rings is 1. The largest absolute Gasteiger partial charge is 0.348 e. The maximum absolute atomic E-state index is 13.9. The van der Waals surface area contributed by atoms with Crippen molar-refractivity contribution in [3.63, 3.8) is 0 Å². The molecule has 0 bridgehead atoms. The number of carbonyl (C=O) groups excluding carboxylic acids is 7. The van der Waals surface area contributed by atoms with Crippen LogP contribution in [0, 0.1) is 11.8 Å². The van der Waals surface area contributed by atoms with Crippen LogP contribution in [-0.4, -0.2) is 99.5 Å². The minimum Gasteiger partial charge on any atom is -0.348 e. The molecule has 7 N–H and O–H groups in total. The second-order valence-electron chi connectivity index (χ2n) is 15.1. The van der Waals surface area contributed by atoms with Crippen LogP contribution < -0.4 is 31.9 Å². The second-order valence-corrected chi connectivity index (χ2v) is 15.1. The fourth-order valence-electron chi connectivity index (χ4n) is 6.81. The van der Waals surface area contributed by atoms with Gasteiger partial charge in [0.1, 0.15) is 30.2 Å². The van der Waals surface area contributed by atoms with Crippen LogP contribution in [0.4, 0.5) is 0 Å². The molecule has 2 heterocycles. The standard InChI is InChI=1S/C42H57N9O7/c1-7-26(4)36(42(58)50-37(29-15-10-8-11-16-29)30-17-12-9-13-18-30)49-40(56)33-19-14-20-51(33)34(53)23-44-38(54)27(5)46-39(55)32(21-31-22-43-24-45-31)48-41(57)35(25(2)3)47-28(6)52/h8-13,15-18,22,24-27,32-33,35-37H,7,14,19-21,23H2,1-6H3,(H,43,45)(H,44,54)(H,46,55)(H,47,52)(H,48,57)(H,49,56)(H,50,58)/t26-,27-,32-,33-,35-,36-/m0/s1. The highest BCUT2D eigenvalue weighted by Crippen LogP contribution is 2.23. The maximum atomic E-state index is 13.9. The van der Waals surface area contributed by atoms with E-state index in [0.29, 0.717) is 25.0 Å². The van der Waals surface area contributed by atoms with Crippen molar-refractivity contribution in [2.45, 2.75) is 103 Å². The normalized spacial score (nSPS) is 16.3. The summed E-state index contributed by atoms with van der Waals surface area (Å²) in [6.07, 6.45) is 4.50. The summed E-state index contributed by atoms with van der Waals surface area (Å²) in [6.45, 7) is 9.92. The van der Waals surface area contributed by atoms with Crippen LogP contribution in [-0.2, 0) is 40.0 Å². The van der Waals surface area contributed by atoms with Crippen LogP contribution in [0.25, 0.3) is 0 Å². The van der Waals surface area contributed by atoms with Crippen LogP contribution in [0.3, 0.4) is 0 Å². The molecule has 6 atom stereocenters. The van der Waals surface area contributed by atoms with Crippen molar-refractivity contribution < 1.29 is 33.6 Å². The van der Waals surface area contributed by atoms with Crippen molar-refractivity contribution in [3.05, 3.63) is 90.0 Å². The number of amides is 7. The molecule has 0 unspecified atom stereocenters. The first kappa shape index (κ1) is 44.7. The zero-order valence-electron chi connectivity index (χ0n) is 34.0. The van der Waals surface area contributed by atoms with Gasteiger partial charge in [0.05, 0.1) is 18.9 Å². The lowest BCUT2D eigenvalue weighted by Crippen LogP contribution is -2.58. The number of nitrogens with one attached hydrogen (secondary N) is 7. The predicted octanol–water partition coefficient (Wildman–Crippen LogP) is 1.65. The SMILES string of the molecule is CC[C@H](C)[C@H](NC(=O)[C@@H]1CCCN1C(=O)CNC(=O)[C@H](C)NC(=O)[C@H](Cc1cnc[nH]1)NC(=O)[C@@H](NC(C)=O)C(C)C)C(=O)NC(c1ccccc1)c1ccccc1. The van der Waals surface area contributed by atoms with E-state index in [1.807, 2.05) is 74.5 Å². The number of H-pyrrole nitrogens is 1. The molecule has 0 spiro atoms. The van der Waals surface area contributed by atoms with E-state index in [-0.39, 0.29) is 30.7 Å². The van der Waals surface area contributed by atoms with Crippen molar-refractivity contribution >= 4 is 41.4 Å². The quantitative estimate of drug-likeness (QED) is 0.0943. The number of rotatable bonds is 19. The van der Waals surface area contributed by atoms with Crippen LogP contribution >= 0.6 is 0 Å². The highest BCUT2D eigenvalue weighted by atomic mass is 16.2. The predicted molar refractivity (Wildman–Crippen MR) is 216 cm³/mol. The molecule has 0 saturated carbocycles. The molecule has 58 heavy (non-hydrogen) atoms. The Morgan fingerprint density at radius 2 is 1.40 bits per heavy atom. The van der Waals surface area contributed by atoms with Gasteiger partial charge in [-0.3, -0.25) is 33.6 Å². The zero-order valence-corrected chi connectivity index (χ0v) is 34.0. The minimum atomic E-state index is -1.13. The Labute approximate surface area is 339 Å². The van der Waals surface area contributed by atoms with Gasteiger partial charge in [0.15, 0.2) is 0 Å². The van der Waals surface area contributed by atoms with Gasteiger partial charge >= 0.3 is 0 Å². The zero-order chi connectivity index (χ0) is 42.4. The molecular formula is C42H57N9O7. The van der Waals surface area contributed by atoms with Gasteiger partial charge in [0.25, 0.3) is 0 Å². The number of nitrogens with zero attached hydrogens (tertiary/aromatic N) is 2. The minimum absolute atomic E-state index is 0.0217. The van der Waals surface area contributed by atoms with Gasteiger partial charge in [-0.25, -0.2) is 4.98 Å². The third kappa shape index (κ3) is 12.5. The number of aromatic nitrogens is 2. The number of likely N-dealkylation sites (tertiary alicyclic amines) is 1. The molecule has 1 aromatic heterocycles. The van der Waals surface area contributed by atoms with Gasteiger partial charge in [-0.1, -0.05) is 94.8 Å². The third-order valence-electron chi connectivity index (χ3n) is 10.3. The first-order valence-electron chi connectivity index (χ1n) is 19.8. The Morgan fingerprint density at radius 1 is 0.776 bits per heavy atom. The molecule has 1 aliphatic heterocycles. The molecule has 0 aliphatic carbocycles. The molecule has 1 fully saturated rings. The Bertz CT molecular complexity index is 1820. The molecule has 3 aromatic rings. The number of carbonyl (C=O) groups is 7. The summed E-state index contributed by atoms with van der Waals surface area (Å²) in [4.78, 5) is 101. The number of hydrogen-bond donors (Lipinski definition) is 7. The fourth-order valence-corrected chi connectivity index (χ4v) is 6.81. The van der Waals surface area contributed by atoms with Crippen LogP contribution in [0.5, 0.6) is 0 Å². The van der Waals surface area contributed by atoms with E-state index >= 15 is 0 Å². The average Bonchev–Trinajstić information content (AvgIpc) is 3.93. The first-order valence-corrected chi connectivity index (χ1v) is 19.8. The molecule has 16 heteroatoms. The number of hydrogen-bond acceptors (Lipinski definition) is 8. The van der Waals surface area contributed by atoms with Gasteiger partial charge in [-0.2, -0.15) is 0 Å². The van der Waals surface area contributed by atoms with Crippen LogP contribution in [0.15, 0.2) is 73.2 Å². The topological polar surface area (TPSA) is 224 Å². The van der Waals surface area contributed by atoms with E-state index < -0.39 is 78.2 Å². The summed E-state index contributed by atoms with van der Waals surface area (Å²) in [7, 11) is 0. The van der Waals surface area contributed by atoms with Crippen LogP contribution in [0.2, 0.25) is 0 Å². The number of benzene rings is 2. The number of aromatic amines is 1. The molecule has 1 aliphatic rings. The van der Waals surface area contributed by atoms with Crippen molar-refractivity contribution in [3.8, 4) is 0 Å². The highest BCUT2D eigenvalue weighted by Gasteiger charge is 2.38. The first-order chi connectivity index (χ1) is 27.7. The molecule has 0 radical (unpaired) electrons. The molecule has 2 aromatic carbocycles. The Balaban J connectivity index is 1.36. The van der Waals surface area contributed by atoms with Crippen molar-refractivity contribution in [1.29, 1.82) is 0 Å². The molecule has 4 rings (SSSR count). The van der Waals surface area contributed by atoms with Crippen molar-refractivity contribution in [2.24, 2.45) is 11.8 Å². The fraction of sp³-hybridized carbons (Fsp3) is 0.476. The summed E-state index contributed by atoms with van der Waals surface area (Å²) >= 11 is 0. The van der Waals surface area contributed by atoms with E-state index in [1.54, 1.807) is 13.8 Å². The third-order valence-corrected chi connectivity index (χ3v) is 10.3.